The summed E-state index contributed by atoms with van der Waals surface area (Å²) in [7, 11) is 1.62. The zero-order valence-corrected chi connectivity index (χ0v) is 21.3. The van der Waals surface area contributed by atoms with Gasteiger partial charge in [-0.3, -0.25) is 9.78 Å². The number of aliphatic hydroxyl groups is 1. The molecule has 9 nitrogen and oxygen atoms in total. The molecule has 0 saturated heterocycles. The van der Waals surface area contributed by atoms with E-state index in [2.05, 4.69) is 24.1 Å². The van der Waals surface area contributed by atoms with Gasteiger partial charge in [-0.1, -0.05) is 13.8 Å². The molecule has 0 unspecified atom stereocenters. The van der Waals surface area contributed by atoms with E-state index in [4.69, 9.17) is 20.6 Å². The van der Waals surface area contributed by atoms with Gasteiger partial charge in [0.1, 0.15) is 5.75 Å². The highest BCUT2D eigenvalue weighted by Crippen LogP contribution is 2.36. The number of nitrogens with one attached hydrogen (secondary N) is 1. The molecule has 1 aliphatic rings. The lowest BCUT2D eigenvalue weighted by atomic mass is 9.92. The second-order valence-electron chi connectivity index (χ2n) is 9.87. The average molecular weight is 501 g/mol. The van der Waals surface area contributed by atoms with E-state index in [1.165, 1.54) is 0 Å². The third-order valence-corrected chi connectivity index (χ3v) is 6.97. The summed E-state index contributed by atoms with van der Waals surface area (Å²) in [5.41, 5.74) is 11.1. The number of nitrogens with two attached hydrogens (primary N) is 1. The molecule has 1 amide bonds. The van der Waals surface area contributed by atoms with Gasteiger partial charge in [-0.15, -0.1) is 0 Å². The SMILES string of the molecule is COc1cncc(-c2ccnc3c2c(C(C)C)nn3-c2ccc(C(N)=O)c(NC3CCC(O)CC3)c2)c1. The van der Waals surface area contributed by atoms with Crippen LogP contribution in [0, 0.1) is 0 Å². The van der Waals surface area contributed by atoms with Gasteiger partial charge in [0.05, 0.1) is 41.7 Å². The highest BCUT2D eigenvalue weighted by Gasteiger charge is 2.23. The zero-order valence-electron chi connectivity index (χ0n) is 21.3. The van der Waals surface area contributed by atoms with Gasteiger partial charge in [0.15, 0.2) is 5.65 Å². The topological polar surface area (TPSA) is 128 Å². The van der Waals surface area contributed by atoms with E-state index < -0.39 is 5.91 Å². The molecule has 0 bridgehead atoms. The number of hydrogen-bond donors (Lipinski definition) is 3. The number of nitrogens with zero attached hydrogens (tertiary/aromatic N) is 4. The van der Waals surface area contributed by atoms with Crippen molar-refractivity contribution in [3.63, 3.8) is 0 Å². The van der Waals surface area contributed by atoms with Crippen molar-refractivity contribution in [2.45, 2.75) is 57.6 Å². The molecular formula is C28H32N6O3. The fourth-order valence-corrected chi connectivity index (χ4v) is 5.01. The first-order valence-electron chi connectivity index (χ1n) is 12.6. The van der Waals surface area contributed by atoms with Gasteiger partial charge in [0.2, 0.25) is 0 Å². The molecule has 4 N–H and O–H groups in total. The second-order valence-corrected chi connectivity index (χ2v) is 9.87. The molecule has 1 fully saturated rings. The first kappa shape index (κ1) is 24.7. The number of primary amides is 1. The fourth-order valence-electron chi connectivity index (χ4n) is 5.01. The summed E-state index contributed by atoms with van der Waals surface area (Å²) in [6.07, 6.45) is 8.11. The first-order chi connectivity index (χ1) is 17.9. The highest BCUT2D eigenvalue weighted by atomic mass is 16.5. The van der Waals surface area contributed by atoms with Crippen LogP contribution in [0.2, 0.25) is 0 Å². The molecule has 0 spiro atoms. The quantitative estimate of drug-likeness (QED) is 0.342. The normalized spacial score (nSPS) is 17.8. The predicted molar refractivity (Wildman–Crippen MR) is 143 cm³/mol. The van der Waals surface area contributed by atoms with Gasteiger partial charge in [0, 0.05) is 29.7 Å². The fraction of sp³-hybridized carbons (Fsp3) is 0.357. The second kappa shape index (κ2) is 10.2. The van der Waals surface area contributed by atoms with Crippen LogP contribution in [-0.4, -0.2) is 50.0 Å². The summed E-state index contributed by atoms with van der Waals surface area (Å²) < 4.78 is 7.22. The van der Waals surface area contributed by atoms with E-state index in [9.17, 15) is 9.90 Å². The van der Waals surface area contributed by atoms with Crippen LogP contribution in [-0.2, 0) is 0 Å². The minimum absolute atomic E-state index is 0.140. The summed E-state index contributed by atoms with van der Waals surface area (Å²) in [5, 5.41) is 19.3. The largest absolute Gasteiger partial charge is 0.495 e. The van der Waals surface area contributed by atoms with E-state index >= 15 is 0 Å². The Hall–Kier alpha value is -3.98. The Balaban J connectivity index is 1.63. The van der Waals surface area contributed by atoms with Crippen molar-refractivity contribution in [1.82, 2.24) is 19.7 Å². The number of carbonyl (C=O) groups is 1. The Bertz CT molecular complexity index is 1440. The van der Waals surface area contributed by atoms with Crippen LogP contribution in [0.1, 0.15) is 61.5 Å². The summed E-state index contributed by atoms with van der Waals surface area (Å²) in [6, 6.07) is 9.56. The number of aromatic nitrogens is 4. The van der Waals surface area contributed by atoms with Crippen molar-refractivity contribution in [2.24, 2.45) is 5.73 Å². The van der Waals surface area contributed by atoms with E-state index in [1.54, 1.807) is 25.6 Å². The first-order valence-corrected chi connectivity index (χ1v) is 12.6. The molecular weight excluding hydrogens is 468 g/mol. The molecule has 9 heteroatoms. The number of anilines is 1. The van der Waals surface area contributed by atoms with Crippen LogP contribution in [0.4, 0.5) is 5.69 Å². The van der Waals surface area contributed by atoms with Gasteiger partial charge in [-0.25, -0.2) is 9.67 Å². The summed E-state index contributed by atoms with van der Waals surface area (Å²) in [4.78, 5) is 21.3. The third kappa shape index (κ3) is 4.86. The molecule has 5 rings (SSSR count). The number of hydrogen-bond acceptors (Lipinski definition) is 7. The molecule has 192 valence electrons. The molecule has 1 aromatic carbocycles. The lowest BCUT2D eigenvalue weighted by molar-refractivity contribution is 0.100. The Morgan fingerprint density at radius 2 is 1.95 bits per heavy atom. The number of benzene rings is 1. The van der Waals surface area contributed by atoms with E-state index in [1.807, 2.05) is 35.1 Å². The number of carbonyl (C=O) groups excluding carboxylic acids is 1. The standard InChI is InChI=1S/C28H32N6O3/c1-16(2)26-25-22(17-12-21(37-3)15-30-14-17)10-11-31-28(25)34(33-26)19-6-9-23(27(29)36)24(13-19)32-18-4-7-20(35)8-5-18/h6,9-16,18,20,32,35H,4-5,7-8H2,1-3H3,(H2,29,36). The lowest BCUT2D eigenvalue weighted by Gasteiger charge is -2.27. The van der Waals surface area contributed by atoms with Gasteiger partial charge in [0.25, 0.3) is 5.91 Å². The van der Waals surface area contributed by atoms with Crippen molar-refractivity contribution in [1.29, 1.82) is 0 Å². The Morgan fingerprint density at radius 3 is 2.65 bits per heavy atom. The monoisotopic (exact) mass is 500 g/mol. The van der Waals surface area contributed by atoms with Gasteiger partial charge < -0.3 is 20.9 Å². The molecule has 3 heterocycles. The number of ether oxygens (including phenoxy) is 1. The van der Waals surface area contributed by atoms with E-state index in [0.717, 1.165) is 53.6 Å². The van der Waals surface area contributed by atoms with Gasteiger partial charge >= 0.3 is 0 Å². The van der Waals surface area contributed by atoms with E-state index in [-0.39, 0.29) is 18.1 Å². The van der Waals surface area contributed by atoms with Crippen molar-refractivity contribution in [3.05, 3.63) is 60.2 Å². The molecule has 1 aliphatic carbocycles. The summed E-state index contributed by atoms with van der Waals surface area (Å²) in [5.74, 6) is 0.319. The number of aliphatic hydroxyl groups excluding tert-OH is 1. The number of methoxy groups -OCH3 is 1. The number of fused-ring (bicyclic) bond motifs is 1. The minimum atomic E-state index is -0.496. The van der Waals surface area contributed by atoms with Gasteiger partial charge in [-0.05, 0) is 67.5 Å². The Morgan fingerprint density at radius 1 is 1.16 bits per heavy atom. The van der Waals surface area contributed by atoms with Crippen molar-refractivity contribution in [3.8, 4) is 22.6 Å². The zero-order chi connectivity index (χ0) is 26.1. The number of pyridine rings is 2. The maximum atomic E-state index is 12.2. The maximum absolute atomic E-state index is 12.2. The highest BCUT2D eigenvalue weighted by molar-refractivity contribution is 5.99. The Labute approximate surface area is 215 Å². The van der Waals surface area contributed by atoms with Crippen molar-refractivity contribution >= 4 is 22.6 Å². The predicted octanol–water partition coefficient (Wildman–Crippen LogP) is 4.43. The third-order valence-electron chi connectivity index (χ3n) is 6.97. The van der Waals surface area contributed by atoms with Crippen LogP contribution in [0.3, 0.4) is 0 Å². The van der Waals surface area contributed by atoms with Crippen molar-refractivity contribution in [2.75, 3.05) is 12.4 Å². The van der Waals surface area contributed by atoms with Crippen LogP contribution in [0.5, 0.6) is 5.75 Å². The molecule has 37 heavy (non-hydrogen) atoms. The maximum Gasteiger partial charge on any atom is 0.250 e. The molecule has 0 radical (unpaired) electrons. The lowest BCUT2D eigenvalue weighted by Crippen LogP contribution is -2.29. The van der Waals surface area contributed by atoms with Crippen LogP contribution >= 0.6 is 0 Å². The van der Waals surface area contributed by atoms with Crippen LogP contribution in [0.15, 0.2) is 48.9 Å². The number of amides is 1. The summed E-state index contributed by atoms with van der Waals surface area (Å²) >= 11 is 0. The van der Waals surface area contributed by atoms with Crippen LogP contribution in [0.25, 0.3) is 27.8 Å². The Kier molecular flexibility index (Phi) is 6.80. The summed E-state index contributed by atoms with van der Waals surface area (Å²) in [6.45, 7) is 4.21. The smallest absolute Gasteiger partial charge is 0.250 e. The molecule has 4 aromatic rings. The molecule has 1 saturated carbocycles. The van der Waals surface area contributed by atoms with Crippen LogP contribution < -0.4 is 15.8 Å². The van der Waals surface area contributed by atoms with E-state index in [0.29, 0.717) is 22.6 Å². The minimum Gasteiger partial charge on any atom is -0.495 e. The molecule has 0 atom stereocenters. The van der Waals surface area contributed by atoms with Gasteiger partial charge in [-0.2, -0.15) is 5.10 Å². The molecule has 3 aromatic heterocycles. The number of rotatable bonds is 7. The van der Waals surface area contributed by atoms with Crippen molar-refractivity contribution < 1.29 is 14.6 Å². The average Bonchev–Trinajstić information content (AvgIpc) is 3.30. The molecule has 0 aliphatic heterocycles.